The van der Waals surface area contributed by atoms with Crippen molar-refractivity contribution in [3.63, 3.8) is 0 Å². The van der Waals surface area contributed by atoms with E-state index in [1.807, 2.05) is 0 Å². The lowest BCUT2D eigenvalue weighted by Crippen LogP contribution is -2.04. The quantitative estimate of drug-likeness (QED) is 0.535. The molecular formula is C15H11Cl2F2NO2. The molecule has 0 bridgehead atoms. The van der Waals surface area contributed by atoms with Crippen LogP contribution in [0.5, 0.6) is 5.75 Å². The number of alkyl halides is 2. The van der Waals surface area contributed by atoms with Crippen LogP contribution in [0.3, 0.4) is 0 Å². The molecule has 0 aliphatic carbocycles. The number of hydrogen-bond acceptors (Lipinski definition) is 3. The van der Waals surface area contributed by atoms with Gasteiger partial charge in [-0.25, -0.2) is 0 Å². The Bertz CT molecular complexity index is 666. The smallest absolute Gasteiger partial charge is 0.387 e. The number of rotatable bonds is 6. The number of para-hydroxylation sites is 1. The molecule has 22 heavy (non-hydrogen) atoms. The van der Waals surface area contributed by atoms with Crippen LogP contribution in [-0.4, -0.2) is 12.8 Å². The van der Waals surface area contributed by atoms with Crippen molar-refractivity contribution in [3.05, 3.63) is 63.6 Å². The minimum Gasteiger partial charge on any atom is -0.434 e. The molecule has 116 valence electrons. The first-order valence-electron chi connectivity index (χ1n) is 6.19. The third-order valence-electron chi connectivity index (χ3n) is 2.62. The molecule has 0 radical (unpaired) electrons. The van der Waals surface area contributed by atoms with E-state index >= 15 is 0 Å². The normalized spacial score (nSPS) is 11.1. The van der Waals surface area contributed by atoms with Crippen molar-refractivity contribution in [2.24, 2.45) is 5.16 Å². The van der Waals surface area contributed by atoms with Crippen molar-refractivity contribution in [3.8, 4) is 5.75 Å². The summed E-state index contributed by atoms with van der Waals surface area (Å²) in [7, 11) is 0. The fourth-order valence-electron chi connectivity index (χ4n) is 1.63. The van der Waals surface area contributed by atoms with Crippen molar-refractivity contribution in [2.45, 2.75) is 13.2 Å². The number of ether oxygens (including phenoxy) is 1. The molecule has 0 heterocycles. The van der Waals surface area contributed by atoms with Crippen LogP contribution in [0.1, 0.15) is 11.1 Å². The number of oxime groups is 1. The minimum absolute atomic E-state index is 0.0272. The van der Waals surface area contributed by atoms with Crippen molar-refractivity contribution in [1.82, 2.24) is 0 Å². The summed E-state index contributed by atoms with van der Waals surface area (Å²) in [5.74, 6) is 0.0272. The zero-order valence-corrected chi connectivity index (χ0v) is 12.7. The summed E-state index contributed by atoms with van der Waals surface area (Å²) in [6.45, 7) is -2.72. The van der Waals surface area contributed by atoms with Gasteiger partial charge in [-0.3, -0.25) is 0 Å². The molecule has 0 saturated heterocycles. The van der Waals surface area contributed by atoms with E-state index in [4.69, 9.17) is 28.0 Å². The van der Waals surface area contributed by atoms with Gasteiger partial charge >= 0.3 is 6.61 Å². The summed E-state index contributed by atoms with van der Waals surface area (Å²) in [5.41, 5.74) is 1.17. The molecular weight excluding hydrogens is 335 g/mol. The summed E-state index contributed by atoms with van der Waals surface area (Å²) in [6.07, 6.45) is 1.30. The summed E-state index contributed by atoms with van der Waals surface area (Å²) in [6, 6.07) is 11.3. The van der Waals surface area contributed by atoms with Crippen LogP contribution in [0.4, 0.5) is 8.78 Å². The molecule has 0 aliphatic rings. The Morgan fingerprint density at radius 1 is 1.09 bits per heavy atom. The molecule has 0 spiro atoms. The highest BCUT2D eigenvalue weighted by molar-refractivity contribution is 6.42. The predicted octanol–water partition coefficient (Wildman–Crippen LogP) is 5.15. The van der Waals surface area contributed by atoms with Crippen LogP contribution in [0, 0.1) is 0 Å². The summed E-state index contributed by atoms with van der Waals surface area (Å²) in [5, 5.41) is 4.60. The second kappa shape index (κ2) is 7.96. The molecule has 0 atom stereocenters. The van der Waals surface area contributed by atoms with E-state index in [0.717, 1.165) is 5.56 Å². The van der Waals surface area contributed by atoms with Crippen LogP contribution >= 0.6 is 23.2 Å². The molecule has 0 aromatic heterocycles. The minimum atomic E-state index is -2.90. The highest BCUT2D eigenvalue weighted by Crippen LogP contribution is 2.23. The molecule has 0 aliphatic heterocycles. The van der Waals surface area contributed by atoms with Gasteiger partial charge in [-0.15, -0.1) is 0 Å². The van der Waals surface area contributed by atoms with Gasteiger partial charge in [0.15, 0.2) is 0 Å². The molecule has 2 aromatic carbocycles. The fourth-order valence-corrected chi connectivity index (χ4v) is 1.95. The molecule has 7 heteroatoms. The first kappa shape index (κ1) is 16.5. The molecule has 0 unspecified atom stereocenters. The van der Waals surface area contributed by atoms with Gasteiger partial charge in [0, 0.05) is 5.56 Å². The highest BCUT2D eigenvalue weighted by atomic mass is 35.5. The third-order valence-corrected chi connectivity index (χ3v) is 3.36. The van der Waals surface area contributed by atoms with Gasteiger partial charge in [0.05, 0.1) is 16.3 Å². The Labute approximate surface area is 136 Å². The number of halogens is 4. The van der Waals surface area contributed by atoms with Gasteiger partial charge in [0.1, 0.15) is 12.4 Å². The summed E-state index contributed by atoms with van der Waals surface area (Å²) in [4.78, 5) is 5.10. The maximum atomic E-state index is 12.3. The largest absolute Gasteiger partial charge is 0.434 e. The van der Waals surface area contributed by atoms with Crippen LogP contribution in [0.2, 0.25) is 10.0 Å². The highest BCUT2D eigenvalue weighted by Gasteiger charge is 2.07. The molecule has 3 nitrogen and oxygen atoms in total. The monoisotopic (exact) mass is 345 g/mol. The van der Waals surface area contributed by atoms with E-state index in [1.165, 1.54) is 12.3 Å². The maximum absolute atomic E-state index is 12.3. The zero-order valence-electron chi connectivity index (χ0n) is 11.2. The fraction of sp³-hybridized carbons (Fsp3) is 0.133. The Hall–Kier alpha value is -1.85. The summed E-state index contributed by atoms with van der Waals surface area (Å²) < 4.78 is 28.9. The molecule has 0 saturated carbocycles. The molecule has 0 fully saturated rings. The van der Waals surface area contributed by atoms with Crippen LogP contribution < -0.4 is 4.74 Å². The van der Waals surface area contributed by atoms with Gasteiger partial charge in [0.25, 0.3) is 0 Å². The Morgan fingerprint density at radius 3 is 2.59 bits per heavy atom. The standard InChI is InChI=1S/C15H11Cl2F2NO2/c16-12-6-5-10(7-13(12)17)9-21-20-8-11-3-1-2-4-14(11)22-15(18)19/h1-8,15H,9H2/b20-8+. The van der Waals surface area contributed by atoms with E-state index in [0.29, 0.717) is 15.6 Å². The van der Waals surface area contributed by atoms with Crippen molar-refractivity contribution >= 4 is 29.4 Å². The predicted molar refractivity (Wildman–Crippen MR) is 81.9 cm³/mol. The topological polar surface area (TPSA) is 30.8 Å². The second-order valence-corrected chi connectivity index (χ2v) is 4.99. The third kappa shape index (κ3) is 4.86. The lowest BCUT2D eigenvalue weighted by molar-refractivity contribution is -0.0499. The van der Waals surface area contributed by atoms with Crippen LogP contribution in [0.15, 0.2) is 47.6 Å². The first-order chi connectivity index (χ1) is 10.6. The number of hydrogen-bond donors (Lipinski definition) is 0. The maximum Gasteiger partial charge on any atom is 0.387 e. The van der Waals surface area contributed by atoms with Crippen LogP contribution in [-0.2, 0) is 11.4 Å². The first-order valence-corrected chi connectivity index (χ1v) is 6.95. The Kier molecular flexibility index (Phi) is 5.98. The lowest BCUT2D eigenvalue weighted by Gasteiger charge is -2.07. The average Bonchev–Trinajstić information content (AvgIpc) is 2.48. The number of benzene rings is 2. The Balaban J connectivity index is 1.96. The number of nitrogens with zero attached hydrogens (tertiary/aromatic N) is 1. The van der Waals surface area contributed by atoms with Crippen molar-refractivity contribution in [2.75, 3.05) is 0 Å². The second-order valence-electron chi connectivity index (χ2n) is 4.17. The SMILES string of the molecule is FC(F)Oc1ccccc1/C=N/OCc1ccc(Cl)c(Cl)c1. The van der Waals surface area contributed by atoms with Gasteiger partial charge < -0.3 is 9.57 Å². The van der Waals surface area contributed by atoms with Gasteiger partial charge in [-0.2, -0.15) is 8.78 Å². The zero-order chi connectivity index (χ0) is 15.9. The van der Waals surface area contributed by atoms with Gasteiger partial charge in [-0.05, 0) is 29.8 Å². The Morgan fingerprint density at radius 2 is 1.86 bits per heavy atom. The average molecular weight is 346 g/mol. The summed E-state index contributed by atoms with van der Waals surface area (Å²) >= 11 is 11.7. The molecule has 0 amide bonds. The van der Waals surface area contributed by atoms with Crippen LogP contribution in [0.25, 0.3) is 0 Å². The van der Waals surface area contributed by atoms with E-state index in [1.54, 1.807) is 36.4 Å². The van der Waals surface area contributed by atoms with E-state index in [2.05, 4.69) is 9.89 Å². The van der Waals surface area contributed by atoms with Gasteiger partial charge in [0.2, 0.25) is 0 Å². The van der Waals surface area contributed by atoms with E-state index in [-0.39, 0.29) is 12.4 Å². The lowest BCUT2D eigenvalue weighted by atomic mass is 10.2. The van der Waals surface area contributed by atoms with E-state index in [9.17, 15) is 8.78 Å². The van der Waals surface area contributed by atoms with Crippen molar-refractivity contribution < 1.29 is 18.4 Å². The molecule has 2 rings (SSSR count). The molecule has 0 N–H and O–H groups in total. The van der Waals surface area contributed by atoms with Gasteiger partial charge in [-0.1, -0.05) is 46.6 Å². The molecule has 2 aromatic rings. The van der Waals surface area contributed by atoms with E-state index < -0.39 is 6.61 Å². The van der Waals surface area contributed by atoms with Crippen molar-refractivity contribution in [1.29, 1.82) is 0 Å².